The highest BCUT2D eigenvalue weighted by molar-refractivity contribution is 5.46. The summed E-state index contributed by atoms with van der Waals surface area (Å²) < 4.78 is 11.3. The number of hydrogen-bond acceptors (Lipinski definition) is 2. The fourth-order valence-electron chi connectivity index (χ4n) is 1.53. The molecule has 2 heteroatoms. The van der Waals surface area contributed by atoms with E-state index in [4.69, 9.17) is 9.47 Å². The quantitative estimate of drug-likeness (QED) is 0.597. The largest absolute Gasteiger partial charge is 0.474 e. The molecule has 0 spiro atoms. The van der Waals surface area contributed by atoms with E-state index in [1.54, 1.807) is 0 Å². The Labute approximate surface area is 76.1 Å². The monoisotopic (exact) mass is 172 g/mol. The molecule has 0 fully saturated rings. The lowest BCUT2D eigenvalue weighted by Gasteiger charge is -2.24. The number of ether oxygens (including phenoxy) is 2. The fourth-order valence-corrected chi connectivity index (χ4v) is 1.53. The van der Waals surface area contributed by atoms with Crippen molar-refractivity contribution in [2.24, 2.45) is 0 Å². The lowest BCUT2D eigenvalue weighted by molar-refractivity contribution is 0.185. The maximum Gasteiger partial charge on any atom is 0.175 e. The zero-order valence-electron chi connectivity index (χ0n) is 6.94. The molecule has 1 heterocycles. The number of para-hydroxylation sites is 2. The number of fused-ring (bicyclic) bond motifs is 2. The lowest BCUT2D eigenvalue weighted by atomic mass is 10.2. The van der Waals surface area contributed by atoms with Gasteiger partial charge in [0.1, 0.15) is 5.76 Å². The lowest BCUT2D eigenvalue weighted by Crippen LogP contribution is -2.22. The molecule has 3 rings (SSSR count). The SMILES string of the molecule is C1=CC2Oc3ccccc3OC2=C1. The van der Waals surface area contributed by atoms with Gasteiger partial charge in [0.2, 0.25) is 0 Å². The van der Waals surface area contributed by atoms with Crippen molar-refractivity contribution in [2.75, 3.05) is 0 Å². The van der Waals surface area contributed by atoms with E-state index >= 15 is 0 Å². The van der Waals surface area contributed by atoms with Crippen LogP contribution in [0.5, 0.6) is 11.5 Å². The second kappa shape index (κ2) is 2.39. The van der Waals surface area contributed by atoms with E-state index < -0.39 is 0 Å². The molecule has 13 heavy (non-hydrogen) atoms. The molecule has 1 aromatic carbocycles. The minimum atomic E-state index is -0.0186. The van der Waals surface area contributed by atoms with Crippen LogP contribution in [0.1, 0.15) is 0 Å². The Kier molecular flexibility index (Phi) is 1.25. The molecule has 64 valence electrons. The normalized spacial score (nSPS) is 22.5. The topological polar surface area (TPSA) is 18.5 Å². The van der Waals surface area contributed by atoms with Gasteiger partial charge in [0.25, 0.3) is 0 Å². The third-order valence-electron chi connectivity index (χ3n) is 2.16. The first-order valence-corrected chi connectivity index (χ1v) is 4.25. The summed E-state index contributed by atoms with van der Waals surface area (Å²) in [6.07, 6.45) is 5.84. The van der Waals surface area contributed by atoms with E-state index in [0.717, 1.165) is 17.3 Å². The van der Waals surface area contributed by atoms with E-state index in [2.05, 4.69) is 0 Å². The standard InChI is InChI=1S/C11H8O2/c1-2-5-9-8(4-1)12-10-6-3-7-11(10)13-9/h1-7,10H. The fraction of sp³-hybridized carbons (Fsp3) is 0.0909. The van der Waals surface area contributed by atoms with Crippen molar-refractivity contribution >= 4 is 0 Å². The maximum atomic E-state index is 5.68. The van der Waals surface area contributed by atoms with Crippen LogP contribution in [0.3, 0.4) is 0 Å². The van der Waals surface area contributed by atoms with Crippen LogP contribution in [-0.2, 0) is 0 Å². The van der Waals surface area contributed by atoms with Crippen LogP contribution in [-0.4, -0.2) is 6.10 Å². The molecule has 1 atom stereocenters. The van der Waals surface area contributed by atoms with Crippen LogP contribution in [0.25, 0.3) is 0 Å². The third kappa shape index (κ3) is 0.952. The predicted octanol–water partition coefficient (Wildman–Crippen LogP) is 2.28. The third-order valence-corrected chi connectivity index (χ3v) is 2.16. The summed E-state index contributed by atoms with van der Waals surface area (Å²) in [5, 5.41) is 0. The Hall–Kier alpha value is -1.70. The molecule has 0 bridgehead atoms. The summed E-state index contributed by atoms with van der Waals surface area (Å²) in [5.74, 6) is 2.49. The number of hydrogen-bond donors (Lipinski definition) is 0. The van der Waals surface area contributed by atoms with Crippen molar-refractivity contribution in [1.29, 1.82) is 0 Å². The highest BCUT2D eigenvalue weighted by Crippen LogP contribution is 2.36. The molecule has 1 unspecified atom stereocenters. The Morgan fingerprint density at radius 1 is 1.08 bits per heavy atom. The van der Waals surface area contributed by atoms with Crippen molar-refractivity contribution < 1.29 is 9.47 Å². The van der Waals surface area contributed by atoms with Gasteiger partial charge in [0.15, 0.2) is 17.6 Å². The van der Waals surface area contributed by atoms with Gasteiger partial charge in [-0.1, -0.05) is 18.2 Å². The van der Waals surface area contributed by atoms with Gasteiger partial charge < -0.3 is 9.47 Å². The Morgan fingerprint density at radius 3 is 2.85 bits per heavy atom. The molecule has 0 radical (unpaired) electrons. The highest BCUT2D eigenvalue weighted by atomic mass is 16.6. The van der Waals surface area contributed by atoms with Gasteiger partial charge in [-0.05, 0) is 24.3 Å². The molecular weight excluding hydrogens is 164 g/mol. The van der Waals surface area contributed by atoms with Crippen LogP contribution >= 0.6 is 0 Å². The van der Waals surface area contributed by atoms with Crippen molar-refractivity contribution in [1.82, 2.24) is 0 Å². The van der Waals surface area contributed by atoms with Crippen molar-refractivity contribution in [3.8, 4) is 11.5 Å². The first-order chi connectivity index (χ1) is 6.43. The van der Waals surface area contributed by atoms with Crippen molar-refractivity contribution in [3.63, 3.8) is 0 Å². The molecule has 0 saturated carbocycles. The molecule has 1 aliphatic heterocycles. The van der Waals surface area contributed by atoms with Crippen molar-refractivity contribution in [2.45, 2.75) is 6.10 Å². The van der Waals surface area contributed by atoms with Crippen LogP contribution in [0.2, 0.25) is 0 Å². The first kappa shape index (κ1) is 6.78. The molecule has 2 nitrogen and oxygen atoms in total. The van der Waals surface area contributed by atoms with Gasteiger partial charge in [-0.3, -0.25) is 0 Å². The van der Waals surface area contributed by atoms with Crippen LogP contribution in [0, 0.1) is 0 Å². The molecule has 1 aromatic rings. The van der Waals surface area contributed by atoms with Gasteiger partial charge in [-0.15, -0.1) is 0 Å². The summed E-state index contributed by atoms with van der Waals surface area (Å²) in [6, 6.07) is 7.70. The van der Waals surface area contributed by atoms with Crippen molar-refractivity contribution in [3.05, 3.63) is 48.3 Å². The number of allylic oxidation sites excluding steroid dienone is 2. The molecule has 2 aliphatic rings. The zero-order chi connectivity index (χ0) is 8.67. The van der Waals surface area contributed by atoms with Gasteiger partial charge in [-0.25, -0.2) is 0 Å². The van der Waals surface area contributed by atoms with Gasteiger partial charge in [0, 0.05) is 0 Å². The number of benzene rings is 1. The summed E-state index contributed by atoms with van der Waals surface area (Å²) in [6.45, 7) is 0. The minimum Gasteiger partial charge on any atom is -0.474 e. The summed E-state index contributed by atoms with van der Waals surface area (Å²) in [5.41, 5.74) is 0. The summed E-state index contributed by atoms with van der Waals surface area (Å²) in [7, 11) is 0. The van der Waals surface area contributed by atoms with Crippen LogP contribution in [0.15, 0.2) is 48.3 Å². The molecule has 1 aliphatic carbocycles. The molecule has 0 aromatic heterocycles. The second-order valence-corrected chi connectivity index (χ2v) is 3.04. The maximum absolute atomic E-state index is 5.68. The summed E-state index contributed by atoms with van der Waals surface area (Å²) in [4.78, 5) is 0. The average Bonchev–Trinajstić information content (AvgIpc) is 2.61. The average molecular weight is 172 g/mol. The van der Waals surface area contributed by atoms with Gasteiger partial charge in [0.05, 0.1) is 0 Å². The van der Waals surface area contributed by atoms with E-state index in [0.29, 0.717) is 0 Å². The minimum absolute atomic E-state index is 0.0186. The predicted molar refractivity (Wildman–Crippen MR) is 48.7 cm³/mol. The van der Waals surface area contributed by atoms with E-state index in [9.17, 15) is 0 Å². The summed E-state index contributed by atoms with van der Waals surface area (Å²) >= 11 is 0. The van der Waals surface area contributed by atoms with Gasteiger partial charge in [-0.2, -0.15) is 0 Å². The van der Waals surface area contributed by atoms with Crippen LogP contribution in [0.4, 0.5) is 0 Å². The molecule has 0 saturated heterocycles. The smallest absolute Gasteiger partial charge is 0.175 e. The first-order valence-electron chi connectivity index (χ1n) is 4.25. The highest BCUT2D eigenvalue weighted by Gasteiger charge is 2.25. The molecular formula is C11H8O2. The molecule has 0 N–H and O–H groups in total. The zero-order valence-corrected chi connectivity index (χ0v) is 6.94. The van der Waals surface area contributed by atoms with Gasteiger partial charge >= 0.3 is 0 Å². The Morgan fingerprint density at radius 2 is 1.92 bits per heavy atom. The molecule has 0 amide bonds. The Balaban J connectivity index is 2.07. The van der Waals surface area contributed by atoms with Crippen LogP contribution < -0.4 is 9.47 Å². The second-order valence-electron chi connectivity index (χ2n) is 3.04. The number of rotatable bonds is 0. The van der Waals surface area contributed by atoms with E-state index in [1.807, 2.05) is 42.5 Å². The van der Waals surface area contributed by atoms with E-state index in [-0.39, 0.29) is 6.10 Å². The Bertz CT molecular complexity index is 404. The van der Waals surface area contributed by atoms with E-state index in [1.165, 1.54) is 0 Å².